The third-order valence-corrected chi connectivity index (χ3v) is 5.95. The molecule has 3 heterocycles. The molecular weight excluding hydrogens is 382 g/mol. The van der Waals surface area contributed by atoms with Crippen LogP contribution in [0.1, 0.15) is 30.1 Å². The molecule has 1 aromatic heterocycles. The highest BCUT2D eigenvalue weighted by Crippen LogP contribution is 2.22. The third-order valence-electron chi connectivity index (χ3n) is 5.01. The Morgan fingerprint density at radius 2 is 2.04 bits per heavy atom. The van der Waals surface area contributed by atoms with E-state index >= 15 is 0 Å². The van der Waals surface area contributed by atoms with Crippen LogP contribution in [0.25, 0.3) is 0 Å². The first kappa shape index (κ1) is 20.7. The molecule has 2 fully saturated rings. The van der Waals surface area contributed by atoms with Crippen LogP contribution in [-0.2, 0) is 21.4 Å². The number of ether oxygens (including phenoxy) is 1. The van der Waals surface area contributed by atoms with E-state index < -0.39 is 5.97 Å². The minimum Gasteiger partial charge on any atom is -0.462 e. The quantitative estimate of drug-likeness (QED) is 0.686. The van der Waals surface area contributed by atoms with Gasteiger partial charge in [-0.15, -0.1) is 0 Å². The summed E-state index contributed by atoms with van der Waals surface area (Å²) in [7, 11) is 1.65. The number of hydrogen-bond acceptors (Lipinski definition) is 7. The van der Waals surface area contributed by atoms with Crippen LogP contribution in [0.2, 0.25) is 0 Å². The van der Waals surface area contributed by atoms with Crippen molar-refractivity contribution in [3.63, 3.8) is 0 Å². The SMILES string of the molecule is CCOC(=O)c1cnn(C)c1NC(=O)CN1CCCC1C(=O)N1CCSCC1. The van der Waals surface area contributed by atoms with Gasteiger partial charge in [-0.1, -0.05) is 0 Å². The van der Waals surface area contributed by atoms with Gasteiger partial charge in [-0.2, -0.15) is 16.9 Å². The molecule has 0 bridgehead atoms. The molecule has 1 unspecified atom stereocenters. The summed E-state index contributed by atoms with van der Waals surface area (Å²) in [5.41, 5.74) is 0.220. The lowest BCUT2D eigenvalue weighted by Crippen LogP contribution is -2.50. The maximum absolute atomic E-state index is 12.8. The standard InChI is InChI=1S/C18H27N5O4S/c1-3-27-18(26)13-11-19-21(2)16(13)20-15(24)12-23-6-4-5-14(23)17(25)22-7-9-28-10-8-22/h11,14H,3-10,12H2,1-2H3,(H,20,24). The van der Waals surface area contributed by atoms with Crippen LogP contribution in [-0.4, -0.2) is 87.7 Å². The van der Waals surface area contributed by atoms with Crippen LogP contribution in [0.4, 0.5) is 5.82 Å². The molecule has 2 aliphatic heterocycles. The molecule has 1 aromatic rings. The first-order valence-corrected chi connectivity index (χ1v) is 10.8. The Labute approximate surface area is 168 Å². The number of carbonyl (C=O) groups is 3. The highest BCUT2D eigenvalue weighted by atomic mass is 32.2. The van der Waals surface area contributed by atoms with Crippen LogP contribution in [0.3, 0.4) is 0 Å². The molecule has 2 aliphatic rings. The van der Waals surface area contributed by atoms with E-state index in [1.54, 1.807) is 14.0 Å². The smallest absolute Gasteiger partial charge is 0.343 e. The van der Waals surface area contributed by atoms with Gasteiger partial charge in [0.15, 0.2) is 0 Å². The second-order valence-corrected chi connectivity index (χ2v) is 8.09. The Kier molecular flexibility index (Phi) is 6.95. The Balaban J connectivity index is 1.62. The number of carbonyl (C=O) groups excluding carboxylic acids is 3. The molecule has 0 spiro atoms. The Morgan fingerprint density at radius 3 is 2.75 bits per heavy atom. The van der Waals surface area contributed by atoms with Gasteiger partial charge in [0.25, 0.3) is 0 Å². The number of anilines is 1. The molecule has 9 nitrogen and oxygen atoms in total. The molecule has 0 radical (unpaired) electrons. The fourth-order valence-electron chi connectivity index (χ4n) is 3.59. The van der Waals surface area contributed by atoms with Gasteiger partial charge in [0.1, 0.15) is 11.4 Å². The third kappa shape index (κ3) is 4.67. The zero-order chi connectivity index (χ0) is 20.1. The lowest BCUT2D eigenvalue weighted by atomic mass is 10.2. The number of amides is 2. The van der Waals surface area contributed by atoms with E-state index in [0.717, 1.165) is 37.4 Å². The number of likely N-dealkylation sites (tertiary alicyclic amines) is 1. The fourth-order valence-corrected chi connectivity index (χ4v) is 4.49. The highest BCUT2D eigenvalue weighted by molar-refractivity contribution is 7.99. The topological polar surface area (TPSA) is 96.8 Å². The van der Waals surface area contributed by atoms with Crippen LogP contribution in [0, 0.1) is 0 Å². The monoisotopic (exact) mass is 409 g/mol. The summed E-state index contributed by atoms with van der Waals surface area (Å²) in [6.07, 6.45) is 3.05. The fraction of sp³-hybridized carbons (Fsp3) is 0.667. The summed E-state index contributed by atoms with van der Waals surface area (Å²) in [5, 5.41) is 6.79. The van der Waals surface area contributed by atoms with Crippen molar-refractivity contribution in [1.82, 2.24) is 19.6 Å². The normalized spacial score (nSPS) is 20.2. The number of rotatable bonds is 6. The van der Waals surface area contributed by atoms with Crippen molar-refractivity contribution >= 4 is 35.4 Å². The summed E-state index contributed by atoms with van der Waals surface area (Å²) < 4.78 is 6.44. The molecule has 1 atom stereocenters. The first-order valence-electron chi connectivity index (χ1n) is 9.60. The molecule has 2 saturated heterocycles. The zero-order valence-corrected chi connectivity index (χ0v) is 17.2. The largest absolute Gasteiger partial charge is 0.462 e. The predicted octanol–water partition coefficient (Wildman–Crippen LogP) is 0.575. The van der Waals surface area contributed by atoms with Crippen molar-refractivity contribution in [3.05, 3.63) is 11.8 Å². The van der Waals surface area contributed by atoms with Gasteiger partial charge in [-0.05, 0) is 26.3 Å². The summed E-state index contributed by atoms with van der Waals surface area (Å²) in [5.74, 6) is 1.56. The highest BCUT2D eigenvalue weighted by Gasteiger charge is 2.35. The van der Waals surface area contributed by atoms with Gasteiger partial charge in [0.2, 0.25) is 11.8 Å². The number of hydrogen-bond donors (Lipinski definition) is 1. The number of esters is 1. The lowest BCUT2D eigenvalue weighted by molar-refractivity contribution is -0.136. The molecule has 3 rings (SSSR count). The van der Waals surface area contributed by atoms with Crippen molar-refractivity contribution in [3.8, 4) is 0 Å². The summed E-state index contributed by atoms with van der Waals surface area (Å²) in [4.78, 5) is 41.3. The molecule has 154 valence electrons. The van der Waals surface area contributed by atoms with Crippen molar-refractivity contribution in [2.45, 2.75) is 25.8 Å². The minimum atomic E-state index is -0.525. The lowest BCUT2D eigenvalue weighted by Gasteiger charge is -2.32. The van der Waals surface area contributed by atoms with Gasteiger partial charge < -0.3 is 15.0 Å². The minimum absolute atomic E-state index is 0.104. The number of thioether (sulfide) groups is 1. The van der Waals surface area contributed by atoms with E-state index in [-0.39, 0.29) is 36.6 Å². The van der Waals surface area contributed by atoms with Crippen molar-refractivity contribution in [2.24, 2.45) is 7.05 Å². The Hall–Kier alpha value is -2.07. The van der Waals surface area contributed by atoms with E-state index in [4.69, 9.17) is 4.74 Å². The van der Waals surface area contributed by atoms with E-state index in [9.17, 15) is 14.4 Å². The van der Waals surface area contributed by atoms with Crippen LogP contribution in [0.5, 0.6) is 0 Å². The second kappa shape index (κ2) is 9.42. The summed E-state index contributed by atoms with van der Waals surface area (Å²) in [6.45, 7) is 4.33. The average Bonchev–Trinajstić information content (AvgIpc) is 3.29. The molecule has 28 heavy (non-hydrogen) atoms. The first-order chi connectivity index (χ1) is 13.5. The van der Waals surface area contributed by atoms with Crippen molar-refractivity contribution in [1.29, 1.82) is 0 Å². The maximum Gasteiger partial charge on any atom is 0.343 e. The molecular formula is C18H27N5O4S. The average molecular weight is 410 g/mol. The number of nitrogens with one attached hydrogen (secondary N) is 1. The van der Waals surface area contributed by atoms with E-state index in [2.05, 4.69) is 10.4 Å². The Bertz CT molecular complexity index is 732. The zero-order valence-electron chi connectivity index (χ0n) is 16.3. The Morgan fingerprint density at radius 1 is 1.29 bits per heavy atom. The molecule has 0 aromatic carbocycles. The predicted molar refractivity (Wildman–Crippen MR) is 106 cm³/mol. The second-order valence-electron chi connectivity index (χ2n) is 6.87. The molecule has 10 heteroatoms. The number of nitrogens with zero attached hydrogens (tertiary/aromatic N) is 4. The van der Waals surface area contributed by atoms with Crippen LogP contribution < -0.4 is 5.32 Å². The summed E-state index contributed by atoms with van der Waals surface area (Å²) >= 11 is 1.86. The number of aromatic nitrogens is 2. The number of aryl methyl sites for hydroxylation is 1. The van der Waals surface area contributed by atoms with Gasteiger partial charge in [0, 0.05) is 31.6 Å². The summed E-state index contributed by atoms with van der Waals surface area (Å²) in [6, 6.07) is -0.245. The molecule has 0 aliphatic carbocycles. The molecule has 2 amide bonds. The van der Waals surface area contributed by atoms with E-state index in [1.807, 2.05) is 21.6 Å². The molecule has 1 N–H and O–H groups in total. The van der Waals surface area contributed by atoms with E-state index in [1.165, 1.54) is 10.9 Å². The maximum atomic E-state index is 12.8. The van der Waals surface area contributed by atoms with Crippen LogP contribution in [0.15, 0.2) is 6.20 Å². The van der Waals surface area contributed by atoms with Gasteiger partial charge >= 0.3 is 5.97 Å². The van der Waals surface area contributed by atoms with Gasteiger partial charge in [-0.25, -0.2) is 4.79 Å². The van der Waals surface area contributed by atoms with E-state index in [0.29, 0.717) is 12.4 Å². The van der Waals surface area contributed by atoms with Crippen molar-refractivity contribution < 1.29 is 19.1 Å². The molecule has 0 saturated carbocycles. The van der Waals surface area contributed by atoms with Gasteiger partial charge in [-0.3, -0.25) is 19.2 Å². The van der Waals surface area contributed by atoms with Crippen molar-refractivity contribution in [2.75, 3.05) is 49.6 Å². The van der Waals surface area contributed by atoms with Crippen LogP contribution >= 0.6 is 11.8 Å². The van der Waals surface area contributed by atoms with Gasteiger partial charge in [0.05, 0.1) is 25.4 Å².